The number of aromatic nitrogens is 5. The number of fused-ring (bicyclic) bond motifs is 5. The zero-order valence-electron chi connectivity index (χ0n) is 20.4. The molecule has 0 radical (unpaired) electrons. The summed E-state index contributed by atoms with van der Waals surface area (Å²) in [5.41, 5.74) is 8.16. The van der Waals surface area contributed by atoms with Crippen LogP contribution in [0.2, 0.25) is 0 Å². The summed E-state index contributed by atoms with van der Waals surface area (Å²) >= 11 is 0. The minimum absolute atomic E-state index is 0.824. The Labute approximate surface area is 218 Å². The van der Waals surface area contributed by atoms with Crippen molar-refractivity contribution in [3.05, 3.63) is 128 Å². The van der Waals surface area contributed by atoms with Gasteiger partial charge in [-0.3, -0.25) is 9.55 Å². The van der Waals surface area contributed by atoms with Crippen molar-refractivity contribution in [1.29, 1.82) is 0 Å². The Bertz CT molecular complexity index is 2080. The third-order valence-corrected chi connectivity index (χ3v) is 7.24. The van der Waals surface area contributed by atoms with E-state index in [4.69, 9.17) is 9.97 Å². The van der Waals surface area contributed by atoms with E-state index in [1.807, 2.05) is 42.7 Å². The molecule has 5 heteroatoms. The molecule has 5 nitrogen and oxygen atoms in total. The first kappa shape index (κ1) is 20.9. The zero-order valence-corrected chi connectivity index (χ0v) is 20.4. The minimum atomic E-state index is 0.824. The van der Waals surface area contributed by atoms with Crippen LogP contribution in [0.25, 0.3) is 66.6 Å². The van der Waals surface area contributed by atoms with E-state index in [0.29, 0.717) is 0 Å². The largest absolute Gasteiger partial charge is 0.309 e. The summed E-state index contributed by atoms with van der Waals surface area (Å²) < 4.78 is 4.48. The van der Waals surface area contributed by atoms with Crippen LogP contribution in [-0.2, 0) is 0 Å². The monoisotopic (exact) mass is 487 g/mol. The highest BCUT2D eigenvalue weighted by Gasteiger charge is 2.18. The van der Waals surface area contributed by atoms with Crippen molar-refractivity contribution in [2.45, 2.75) is 0 Å². The lowest BCUT2D eigenvalue weighted by atomic mass is 10.1. The van der Waals surface area contributed by atoms with Crippen LogP contribution < -0.4 is 0 Å². The molecule has 0 amide bonds. The standard InChI is InChI=1S/C33H21N5/c1-3-13-29-24(8-1)25-9-2-4-14-30(25)37(29)23-18-16-22(17-19-23)32-36-28-12-7-21-35-33(28)38(32)31-15-5-11-27-26(31)10-6-20-34-27/h1-21H. The molecule has 0 bridgehead atoms. The van der Waals surface area contributed by atoms with E-state index in [1.54, 1.807) is 0 Å². The number of imidazole rings is 1. The lowest BCUT2D eigenvalue weighted by Gasteiger charge is -2.13. The summed E-state index contributed by atoms with van der Waals surface area (Å²) in [6.45, 7) is 0. The van der Waals surface area contributed by atoms with Crippen LogP contribution in [0.4, 0.5) is 0 Å². The molecular weight excluding hydrogens is 466 g/mol. The zero-order chi connectivity index (χ0) is 25.1. The molecule has 0 unspecified atom stereocenters. The first-order chi connectivity index (χ1) is 18.9. The van der Waals surface area contributed by atoms with Crippen molar-refractivity contribution in [3.8, 4) is 22.8 Å². The van der Waals surface area contributed by atoms with Gasteiger partial charge in [-0.2, -0.15) is 0 Å². The van der Waals surface area contributed by atoms with Crippen LogP contribution in [0.15, 0.2) is 128 Å². The van der Waals surface area contributed by atoms with Crippen molar-refractivity contribution in [3.63, 3.8) is 0 Å². The van der Waals surface area contributed by atoms with Crippen molar-refractivity contribution in [2.24, 2.45) is 0 Å². The van der Waals surface area contributed by atoms with Crippen LogP contribution in [0, 0.1) is 0 Å². The van der Waals surface area contributed by atoms with Crippen LogP contribution in [0.3, 0.4) is 0 Å². The summed E-state index contributed by atoms with van der Waals surface area (Å²) in [4.78, 5) is 14.3. The van der Waals surface area contributed by atoms with Gasteiger partial charge in [-0.1, -0.05) is 42.5 Å². The van der Waals surface area contributed by atoms with Gasteiger partial charge < -0.3 is 4.57 Å². The average Bonchev–Trinajstić information content (AvgIpc) is 3.53. The highest BCUT2D eigenvalue weighted by atomic mass is 15.1. The molecule has 0 aliphatic rings. The highest BCUT2D eigenvalue weighted by Crippen LogP contribution is 2.34. The van der Waals surface area contributed by atoms with Crippen molar-refractivity contribution in [2.75, 3.05) is 0 Å². The average molecular weight is 488 g/mol. The first-order valence-corrected chi connectivity index (χ1v) is 12.6. The Morgan fingerprint density at radius 2 is 1.13 bits per heavy atom. The fraction of sp³-hybridized carbons (Fsp3) is 0. The fourth-order valence-electron chi connectivity index (χ4n) is 5.58. The number of pyridine rings is 2. The molecule has 0 spiro atoms. The molecular formula is C33H21N5. The number of para-hydroxylation sites is 2. The normalized spacial score (nSPS) is 11.7. The van der Waals surface area contributed by atoms with Gasteiger partial charge in [-0.25, -0.2) is 9.97 Å². The lowest BCUT2D eigenvalue weighted by molar-refractivity contribution is 1.09. The van der Waals surface area contributed by atoms with E-state index in [9.17, 15) is 0 Å². The maximum Gasteiger partial charge on any atom is 0.164 e. The van der Waals surface area contributed by atoms with E-state index in [2.05, 4.69) is 99.0 Å². The second-order valence-electron chi connectivity index (χ2n) is 9.38. The third kappa shape index (κ3) is 3.02. The quantitative estimate of drug-likeness (QED) is 0.256. The lowest BCUT2D eigenvalue weighted by Crippen LogP contribution is -2.00. The van der Waals surface area contributed by atoms with E-state index < -0.39 is 0 Å². The van der Waals surface area contributed by atoms with Crippen LogP contribution in [-0.4, -0.2) is 24.1 Å². The molecule has 4 heterocycles. The molecule has 0 N–H and O–H groups in total. The van der Waals surface area contributed by atoms with E-state index in [1.165, 1.54) is 21.8 Å². The molecule has 8 rings (SSSR count). The topological polar surface area (TPSA) is 48.5 Å². The molecule has 0 atom stereocenters. The second kappa shape index (κ2) is 8.11. The summed E-state index contributed by atoms with van der Waals surface area (Å²) in [7, 11) is 0. The van der Waals surface area contributed by atoms with E-state index in [0.717, 1.165) is 44.8 Å². The van der Waals surface area contributed by atoms with Gasteiger partial charge in [0.05, 0.1) is 22.2 Å². The van der Waals surface area contributed by atoms with Gasteiger partial charge in [0.15, 0.2) is 5.65 Å². The molecule has 38 heavy (non-hydrogen) atoms. The Morgan fingerprint density at radius 3 is 1.92 bits per heavy atom. The fourth-order valence-corrected chi connectivity index (χ4v) is 5.58. The van der Waals surface area contributed by atoms with Gasteiger partial charge >= 0.3 is 0 Å². The molecule has 178 valence electrons. The van der Waals surface area contributed by atoms with Gasteiger partial charge in [-0.15, -0.1) is 0 Å². The molecule has 8 aromatic rings. The maximum atomic E-state index is 5.03. The predicted octanol–water partition coefficient (Wildman–Crippen LogP) is 7.73. The number of nitrogens with zero attached hydrogens (tertiary/aromatic N) is 5. The Balaban J connectivity index is 1.34. The first-order valence-electron chi connectivity index (χ1n) is 12.6. The van der Waals surface area contributed by atoms with Gasteiger partial charge in [0.2, 0.25) is 0 Å². The van der Waals surface area contributed by atoms with Gasteiger partial charge in [0.25, 0.3) is 0 Å². The number of hydrogen-bond donors (Lipinski definition) is 0. The number of hydrogen-bond acceptors (Lipinski definition) is 3. The maximum absolute atomic E-state index is 5.03. The van der Waals surface area contributed by atoms with Crippen LogP contribution in [0.5, 0.6) is 0 Å². The van der Waals surface area contributed by atoms with E-state index in [-0.39, 0.29) is 0 Å². The molecule has 0 saturated heterocycles. The summed E-state index contributed by atoms with van der Waals surface area (Å²) in [6, 6.07) is 40.0. The molecule has 4 aromatic carbocycles. The SMILES string of the molecule is c1cc(-n2c(-c3ccc(-n4c5ccccc5c5ccccc54)cc3)nc3cccnc32)c2cccnc2c1. The molecule has 4 aromatic heterocycles. The highest BCUT2D eigenvalue weighted by molar-refractivity contribution is 6.09. The predicted molar refractivity (Wildman–Crippen MR) is 154 cm³/mol. The minimum Gasteiger partial charge on any atom is -0.309 e. The summed E-state index contributed by atoms with van der Waals surface area (Å²) in [5.74, 6) is 0.851. The Morgan fingerprint density at radius 1 is 0.474 bits per heavy atom. The van der Waals surface area contributed by atoms with Crippen molar-refractivity contribution < 1.29 is 0 Å². The Hall–Kier alpha value is -5.29. The Kier molecular flexibility index (Phi) is 4.45. The number of benzene rings is 4. The summed E-state index contributed by atoms with van der Waals surface area (Å²) in [5, 5.41) is 3.57. The van der Waals surface area contributed by atoms with Crippen LogP contribution >= 0.6 is 0 Å². The molecule has 0 aliphatic heterocycles. The van der Waals surface area contributed by atoms with Gasteiger partial charge in [-0.05, 0) is 72.8 Å². The summed E-state index contributed by atoms with van der Waals surface area (Å²) in [6.07, 6.45) is 3.64. The number of rotatable bonds is 3. The molecule has 0 saturated carbocycles. The van der Waals surface area contributed by atoms with Gasteiger partial charge in [0.1, 0.15) is 11.3 Å². The van der Waals surface area contributed by atoms with Gasteiger partial charge in [0, 0.05) is 39.8 Å². The molecule has 0 aliphatic carbocycles. The smallest absolute Gasteiger partial charge is 0.164 e. The third-order valence-electron chi connectivity index (χ3n) is 7.24. The second-order valence-corrected chi connectivity index (χ2v) is 9.38. The molecule has 0 fully saturated rings. The van der Waals surface area contributed by atoms with E-state index >= 15 is 0 Å². The van der Waals surface area contributed by atoms with Crippen molar-refractivity contribution in [1.82, 2.24) is 24.1 Å². The van der Waals surface area contributed by atoms with Crippen molar-refractivity contribution >= 4 is 43.9 Å². The van der Waals surface area contributed by atoms with Crippen LogP contribution in [0.1, 0.15) is 0 Å².